The third-order valence-electron chi connectivity index (χ3n) is 10.4. The maximum atomic E-state index is 13.9. The number of halogens is 2. The fraction of sp³-hybridized carbons (Fsp3) is 0.929. The summed E-state index contributed by atoms with van der Waals surface area (Å²) in [5, 5.41) is 5.72. The van der Waals surface area contributed by atoms with Crippen LogP contribution in [0.25, 0.3) is 0 Å². The summed E-state index contributed by atoms with van der Waals surface area (Å²) in [6.07, 6.45) is 13.6. The molecule has 0 amide bonds. The van der Waals surface area contributed by atoms with Crippen molar-refractivity contribution in [1.29, 1.82) is 0 Å². The number of nitrogens with zero attached hydrogens (tertiary/aromatic N) is 2. The minimum atomic E-state index is -2.83. The van der Waals surface area contributed by atoms with Crippen molar-refractivity contribution >= 4 is 9.24 Å². The van der Waals surface area contributed by atoms with Gasteiger partial charge in [0.2, 0.25) is 0 Å². The standard InChI is InChI=1S/C28H50F2N5P/c1-4-6-22-26-23(5-2)34(17(3)21-13-14-25(28(29,30)36)32-27(21)31)16-15-24(26)35(33-22)20-11-9-19(10-12-20)18-7-8-18/h18-27,32-33H,3-16,31,36H2,1-2H3. The lowest BCUT2D eigenvalue weighted by atomic mass is 9.76. The molecule has 0 aromatic rings. The van der Waals surface area contributed by atoms with Gasteiger partial charge in [-0.05, 0) is 82.5 Å². The van der Waals surface area contributed by atoms with E-state index < -0.39 is 17.9 Å². The Balaban J connectivity index is 1.28. The highest BCUT2D eigenvalue weighted by Gasteiger charge is 2.52. The Kier molecular flexibility index (Phi) is 8.35. The molecule has 3 aliphatic heterocycles. The molecule has 3 saturated heterocycles. The first-order valence-electron chi connectivity index (χ1n) is 14.9. The highest BCUT2D eigenvalue weighted by Crippen LogP contribution is 2.47. The number of rotatable bonds is 8. The summed E-state index contributed by atoms with van der Waals surface area (Å²) in [7, 11) is 1.68. The van der Waals surface area contributed by atoms with Crippen molar-refractivity contribution in [2.45, 2.75) is 133 Å². The number of hydrogen-bond acceptors (Lipinski definition) is 5. The van der Waals surface area contributed by atoms with Crippen LogP contribution >= 0.6 is 9.24 Å². The van der Waals surface area contributed by atoms with Crippen molar-refractivity contribution in [2.24, 2.45) is 29.4 Å². The number of hydrazine groups is 1. The van der Waals surface area contributed by atoms with E-state index in [0.717, 1.165) is 36.9 Å². The van der Waals surface area contributed by atoms with E-state index in [-0.39, 0.29) is 5.92 Å². The second kappa shape index (κ2) is 11.0. The van der Waals surface area contributed by atoms with E-state index in [2.05, 4.69) is 41.1 Å². The fourth-order valence-electron chi connectivity index (χ4n) is 8.39. The second-order valence-corrected chi connectivity index (χ2v) is 13.3. The van der Waals surface area contributed by atoms with E-state index >= 15 is 0 Å². The number of nitrogens with two attached hydrogens (primary N) is 1. The summed E-state index contributed by atoms with van der Waals surface area (Å²) in [6.45, 7) is 10.1. The van der Waals surface area contributed by atoms with Crippen molar-refractivity contribution in [1.82, 2.24) is 20.7 Å². The molecule has 0 aromatic heterocycles. The molecule has 4 N–H and O–H groups in total. The third-order valence-corrected chi connectivity index (χ3v) is 10.8. The van der Waals surface area contributed by atoms with E-state index in [1.54, 1.807) is 9.24 Å². The maximum absolute atomic E-state index is 13.9. The predicted molar refractivity (Wildman–Crippen MR) is 146 cm³/mol. The highest BCUT2D eigenvalue weighted by molar-refractivity contribution is 7.18. The monoisotopic (exact) mass is 525 g/mol. The summed E-state index contributed by atoms with van der Waals surface area (Å²) in [6, 6.07) is 1.28. The minimum absolute atomic E-state index is 0.00647. The van der Waals surface area contributed by atoms with Gasteiger partial charge in [0.1, 0.15) is 0 Å². The van der Waals surface area contributed by atoms with Crippen molar-refractivity contribution < 1.29 is 8.78 Å². The SMILES string of the molecule is C=C(C1CCC(C(F)(F)P)NC1N)N1CCC2C(C(CCC)NN2C2CCC(C3CC3)CC2)C1CC. The first kappa shape index (κ1) is 27.2. The molecule has 8 heteroatoms. The van der Waals surface area contributed by atoms with Crippen molar-refractivity contribution in [3.05, 3.63) is 12.3 Å². The van der Waals surface area contributed by atoms with Crippen LogP contribution in [0.1, 0.15) is 90.9 Å². The molecule has 0 aromatic carbocycles. The molecule has 5 nitrogen and oxygen atoms in total. The van der Waals surface area contributed by atoms with Crippen LogP contribution in [0.5, 0.6) is 0 Å². The van der Waals surface area contributed by atoms with Crippen molar-refractivity contribution in [3.8, 4) is 0 Å². The van der Waals surface area contributed by atoms with E-state index in [1.807, 2.05) is 0 Å². The molecule has 5 fully saturated rings. The minimum Gasteiger partial charge on any atom is -0.372 e. The average molecular weight is 526 g/mol. The lowest BCUT2D eigenvalue weighted by Crippen LogP contribution is -2.60. The van der Waals surface area contributed by atoms with Crippen LogP contribution in [0.4, 0.5) is 8.78 Å². The Hall–Kier alpha value is -0.330. The smallest absolute Gasteiger partial charge is 0.273 e. The van der Waals surface area contributed by atoms with Crippen LogP contribution in [0.3, 0.4) is 0 Å². The van der Waals surface area contributed by atoms with Gasteiger partial charge in [-0.3, -0.25) is 10.7 Å². The van der Waals surface area contributed by atoms with Gasteiger partial charge < -0.3 is 10.6 Å². The van der Waals surface area contributed by atoms with Crippen LogP contribution in [-0.4, -0.2) is 58.5 Å². The van der Waals surface area contributed by atoms with Crippen LogP contribution in [-0.2, 0) is 0 Å². The first-order valence-corrected chi connectivity index (χ1v) is 15.5. The van der Waals surface area contributed by atoms with Gasteiger partial charge in [-0.15, -0.1) is 0 Å². The van der Waals surface area contributed by atoms with Gasteiger partial charge in [0.05, 0.1) is 12.2 Å². The molecule has 206 valence electrons. The Morgan fingerprint density at radius 2 is 1.69 bits per heavy atom. The van der Waals surface area contributed by atoms with E-state index in [9.17, 15) is 8.78 Å². The number of nitrogens with one attached hydrogen (secondary N) is 2. The van der Waals surface area contributed by atoms with Gasteiger partial charge in [-0.2, -0.15) is 0 Å². The lowest BCUT2D eigenvalue weighted by molar-refractivity contribution is 0.00934. The Morgan fingerprint density at radius 3 is 2.25 bits per heavy atom. The molecule has 2 aliphatic carbocycles. The Bertz CT molecular complexity index is 766. The summed E-state index contributed by atoms with van der Waals surface area (Å²) in [4.78, 5) is 2.53. The average Bonchev–Trinajstić information content (AvgIpc) is 3.65. The molecule has 0 bridgehead atoms. The van der Waals surface area contributed by atoms with Crippen LogP contribution in [0, 0.1) is 23.7 Å². The fourth-order valence-corrected chi connectivity index (χ4v) is 8.65. The van der Waals surface area contributed by atoms with Gasteiger partial charge in [0.25, 0.3) is 5.66 Å². The molecule has 5 aliphatic rings. The van der Waals surface area contributed by atoms with Crippen LogP contribution < -0.4 is 16.5 Å². The first-order chi connectivity index (χ1) is 17.2. The van der Waals surface area contributed by atoms with Gasteiger partial charge >= 0.3 is 0 Å². The summed E-state index contributed by atoms with van der Waals surface area (Å²) in [5.41, 5.74) is 8.71. The number of piperidine rings is 2. The molecule has 8 atom stereocenters. The number of alkyl halides is 2. The number of hydrogen-bond donors (Lipinski definition) is 3. The maximum Gasteiger partial charge on any atom is 0.273 e. The molecule has 8 unspecified atom stereocenters. The van der Waals surface area contributed by atoms with Crippen molar-refractivity contribution in [3.63, 3.8) is 0 Å². The van der Waals surface area contributed by atoms with Crippen molar-refractivity contribution in [2.75, 3.05) is 6.54 Å². The number of likely N-dealkylation sites (tertiary alicyclic amines) is 1. The zero-order chi connectivity index (χ0) is 25.6. The third kappa shape index (κ3) is 5.39. The van der Waals surface area contributed by atoms with E-state index in [0.29, 0.717) is 42.9 Å². The zero-order valence-corrected chi connectivity index (χ0v) is 23.6. The molecular formula is C28H50F2N5P. The zero-order valence-electron chi connectivity index (χ0n) is 22.5. The topological polar surface area (TPSA) is 56.6 Å². The molecule has 0 radical (unpaired) electrons. The summed E-state index contributed by atoms with van der Waals surface area (Å²) in [5.74, 6) is 2.60. The molecule has 5 rings (SSSR count). The van der Waals surface area contributed by atoms with Gasteiger partial charge in [-0.1, -0.05) is 36.1 Å². The largest absolute Gasteiger partial charge is 0.372 e. The van der Waals surface area contributed by atoms with E-state index in [1.165, 1.54) is 51.4 Å². The summed E-state index contributed by atoms with van der Waals surface area (Å²) < 4.78 is 27.8. The predicted octanol–water partition coefficient (Wildman–Crippen LogP) is 5.05. The van der Waals surface area contributed by atoms with Crippen LogP contribution in [0.2, 0.25) is 0 Å². The van der Waals surface area contributed by atoms with Crippen LogP contribution in [0.15, 0.2) is 12.3 Å². The number of fused-ring (bicyclic) bond motifs is 1. The molecule has 2 saturated carbocycles. The Labute approximate surface area is 219 Å². The summed E-state index contributed by atoms with van der Waals surface area (Å²) >= 11 is 0. The highest BCUT2D eigenvalue weighted by atomic mass is 31.0. The van der Waals surface area contributed by atoms with Gasteiger partial charge in [0, 0.05) is 48.2 Å². The lowest BCUT2D eigenvalue weighted by Gasteiger charge is -2.50. The molecule has 3 heterocycles. The van der Waals surface area contributed by atoms with Gasteiger partial charge in [-0.25, -0.2) is 13.8 Å². The van der Waals surface area contributed by atoms with Gasteiger partial charge in [0.15, 0.2) is 0 Å². The van der Waals surface area contributed by atoms with E-state index in [4.69, 9.17) is 5.73 Å². The Morgan fingerprint density at radius 1 is 1.03 bits per heavy atom. The quantitative estimate of drug-likeness (QED) is 0.388. The molecular weight excluding hydrogens is 475 g/mol. The normalized spacial score (nSPS) is 42.4. The molecule has 0 spiro atoms. The second-order valence-electron chi connectivity index (χ2n) is 12.5. The molecule has 36 heavy (non-hydrogen) atoms.